The molecule has 2 aliphatic carbocycles. The van der Waals surface area contributed by atoms with E-state index in [9.17, 15) is 5.11 Å². The van der Waals surface area contributed by atoms with Gasteiger partial charge in [0.2, 0.25) is 0 Å². The van der Waals surface area contributed by atoms with Gasteiger partial charge in [0.25, 0.3) is 0 Å². The minimum Gasteiger partial charge on any atom is -0.504 e. The number of aromatic hydroxyl groups is 1. The lowest BCUT2D eigenvalue weighted by Crippen LogP contribution is -2.48. The Morgan fingerprint density at radius 3 is 2.48 bits per heavy atom. The number of rotatable bonds is 6. The molecular formula is C24H30N2O2S. The van der Waals surface area contributed by atoms with E-state index < -0.39 is 0 Å². The lowest BCUT2D eigenvalue weighted by Gasteiger charge is -2.33. The first-order valence-corrected chi connectivity index (χ1v) is 11.1. The third-order valence-electron chi connectivity index (χ3n) is 6.09. The average molecular weight is 411 g/mol. The first-order valence-electron chi connectivity index (χ1n) is 10.7. The van der Waals surface area contributed by atoms with Crippen molar-refractivity contribution in [3.63, 3.8) is 0 Å². The number of nitrogens with zero attached hydrogens (tertiary/aromatic N) is 1. The van der Waals surface area contributed by atoms with Gasteiger partial charge in [-0.15, -0.1) is 0 Å². The van der Waals surface area contributed by atoms with Crippen LogP contribution in [0.4, 0.5) is 0 Å². The number of thiocarbonyl (C=S) groups is 1. The summed E-state index contributed by atoms with van der Waals surface area (Å²) in [6, 6.07) is 15.2. The molecule has 154 valence electrons. The maximum Gasteiger partial charge on any atom is 0.169 e. The van der Waals surface area contributed by atoms with Gasteiger partial charge in [-0.05, 0) is 73.6 Å². The second-order valence-electron chi connectivity index (χ2n) is 8.12. The van der Waals surface area contributed by atoms with E-state index >= 15 is 0 Å². The van der Waals surface area contributed by atoms with Crippen LogP contribution in [0.5, 0.6) is 11.5 Å². The van der Waals surface area contributed by atoms with E-state index in [1.54, 1.807) is 6.07 Å². The van der Waals surface area contributed by atoms with Gasteiger partial charge in [0, 0.05) is 18.6 Å². The van der Waals surface area contributed by atoms with Crippen LogP contribution in [0.3, 0.4) is 0 Å². The van der Waals surface area contributed by atoms with Crippen molar-refractivity contribution < 1.29 is 9.84 Å². The average Bonchev–Trinajstić information content (AvgIpc) is 3.38. The molecule has 2 N–H and O–H groups in total. The van der Waals surface area contributed by atoms with E-state index in [1.807, 2.05) is 19.1 Å². The molecule has 2 aromatic carbocycles. The number of ether oxygens (including phenoxy) is 1. The second kappa shape index (κ2) is 9.04. The Kier molecular flexibility index (Phi) is 6.24. The lowest BCUT2D eigenvalue weighted by atomic mass is 10.1. The summed E-state index contributed by atoms with van der Waals surface area (Å²) in [6.45, 7) is 3.16. The van der Waals surface area contributed by atoms with Gasteiger partial charge in [-0.1, -0.05) is 43.2 Å². The Morgan fingerprint density at radius 2 is 1.83 bits per heavy atom. The predicted molar refractivity (Wildman–Crippen MR) is 120 cm³/mol. The summed E-state index contributed by atoms with van der Waals surface area (Å²) >= 11 is 5.90. The van der Waals surface area contributed by atoms with Crippen LogP contribution in [-0.4, -0.2) is 33.8 Å². The Hall–Kier alpha value is -2.27. The standard InChI is InChI=1S/C24H30N2O2S/c1-2-28-23-13-17(11-12-22(23)27)16-26(24(29)25-20-9-5-6-10-20)21-14-18-7-3-4-8-19(18)15-21/h3-4,7-8,11-13,20-21,27H,2,5-6,9-10,14-16H2,1H3,(H,25,29). The summed E-state index contributed by atoms with van der Waals surface area (Å²) in [6.07, 6.45) is 6.99. The highest BCUT2D eigenvalue weighted by molar-refractivity contribution is 7.80. The normalized spacial score (nSPS) is 16.6. The highest BCUT2D eigenvalue weighted by atomic mass is 32.1. The molecule has 4 nitrogen and oxygen atoms in total. The van der Waals surface area contributed by atoms with Gasteiger partial charge < -0.3 is 20.1 Å². The van der Waals surface area contributed by atoms with Gasteiger partial charge >= 0.3 is 0 Å². The first kappa shape index (κ1) is 20.0. The molecule has 4 rings (SSSR count). The lowest BCUT2D eigenvalue weighted by molar-refractivity contribution is 0.299. The fourth-order valence-corrected chi connectivity index (χ4v) is 4.96. The van der Waals surface area contributed by atoms with Crippen LogP contribution in [0.25, 0.3) is 0 Å². The molecule has 0 spiro atoms. The largest absolute Gasteiger partial charge is 0.504 e. The molecule has 2 aromatic rings. The predicted octanol–water partition coefficient (Wildman–Crippen LogP) is 4.58. The summed E-state index contributed by atoms with van der Waals surface area (Å²) in [7, 11) is 0. The van der Waals surface area contributed by atoms with E-state index in [0.29, 0.717) is 31.0 Å². The number of phenols is 1. The molecule has 0 unspecified atom stereocenters. The minimum atomic E-state index is 0.182. The van der Waals surface area contributed by atoms with Gasteiger partial charge in [0.15, 0.2) is 16.6 Å². The molecular weight excluding hydrogens is 380 g/mol. The van der Waals surface area contributed by atoms with Gasteiger partial charge in [0.1, 0.15) is 0 Å². The van der Waals surface area contributed by atoms with Crippen LogP contribution in [-0.2, 0) is 19.4 Å². The first-order chi connectivity index (χ1) is 14.1. The van der Waals surface area contributed by atoms with Gasteiger partial charge in [-0.25, -0.2) is 0 Å². The van der Waals surface area contributed by atoms with Crippen molar-refractivity contribution in [2.24, 2.45) is 0 Å². The van der Waals surface area contributed by atoms with Crippen LogP contribution in [0.15, 0.2) is 42.5 Å². The molecule has 0 radical (unpaired) electrons. The maximum atomic E-state index is 10.1. The zero-order chi connectivity index (χ0) is 20.2. The fraction of sp³-hybridized carbons (Fsp3) is 0.458. The number of hydrogen-bond acceptors (Lipinski definition) is 3. The van der Waals surface area contributed by atoms with E-state index in [4.69, 9.17) is 17.0 Å². The van der Waals surface area contributed by atoms with E-state index in [1.165, 1.54) is 36.8 Å². The monoisotopic (exact) mass is 410 g/mol. The summed E-state index contributed by atoms with van der Waals surface area (Å²) < 4.78 is 5.59. The van der Waals surface area contributed by atoms with Crippen LogP contribution >= 0.6 is 12.2 Å². The van der Waals surface area contributed by atoms with Crippen molar-refractivity contribution in [2.75, 3.05) is 6.61 Å². The van der Waals surface area contributed by atoms with Crippen molar-refractivity contribution in [3.05, 3.63) is 59.2 Å². The van der Waals surface area contributed by atoms with Gasteiger partial charge in [0.05, 0.1) is 6.61 Å². The SMILES string of the molecule is CCOc1cc(CN(C(=S)NC2CCCC2)C2Cc3ccccc3C2)ccc1O. The molecule has 5 heteroatoms. The molecule has 0 amide bonds. The molecule has 0 bridgehead atoms. The highest BCUT2D eigenvalue weighted by Crippen LogP contribution is 2.30. The van der Waals surface area contributed by atoms with Crippen LogP contribution in [0.1, 0.15) is 49.3 Å². The molecule has 0 heterocycles. The van der Waals surface area contributed by atoms with E-state index in [2.05, 4.69) is 34.5 Å². The maximum absolute atomic E-state index is 10.1. The van der Waals surface area contributed by atoms with E-state index in [-0.39, 0.29) is 5.75 Å². The zero-order valence-electron chi connectivity index (χ0n) is 17.1. The number of phenolic OH excluding ortho intramolecular Hbond substituents is 1. The van der Waals surface area contributed by atoms with E-state index in [0.717, 1.165) is 23.5 Å². The number of hydrogen-bond donors (Lipinski definition) is 2. The number of nitrogens with one attached hydrogen (secondary N) is 1. The Morgan fingerprint density at radius 1 is 1.14 bits per heavy atom. The number of benzene rings is 2. The number of fused-ring (bicyclic) bond motifs is 1. The van der Waals surface area contributed by atoms with Gasteiger partial charge in [-0.3, -0.25) is 0 Å². The molecule has 0 aromatic heterocycles. The summed E-state index contributed by atoms with van der Waals surface area (Å²) in [5.41, 5.74) is 3.94. The molecule has 29 heavy (non-hydrogen) atoms. The Labute approximate surface area is 178 Å². The fourth-order valence-electron chi connectivity index (χ4n) is 4.58. The van der Waals surface area contributed by atoms with Crippen molar-refractivity contribution in [1.82, 2.24) is 10.2 Å². The molecule has 1 fully saturated rings. The topological polar surface area (TPSA) is 44.7 Å². The Bertz CT molecular complexity index is 839. The second-order valence-corrected chi connectivity index (χ2v) is 8.51. The van der Waals surface area contributed by atoms with Crippen LogP contribution < -0.4 is 10.1 Å². The minimum absolute atomic E-state index is 0.182. The quantitative estimate of drug-likeness (QED) is 0.683. The van der Waals surface area contributed by atoms with Gasteiger partial charge in [-0.2, -0.15) is 0 Å². The molecule has 1 saturated carbocycles. The van der Waals surface area contributed by atoms with Crippen LogP contribution in [0.2, 0.25) is 0 Å². The zero-order valence-corrected chi connectivity index (χ0v) is 17.9. The molecule has 2 aliphatic rings. The third-order valence-corrected chi connectivity index (χ3v) is 6.44. The van der Waals surface area contributed by atoms with Crippen molar-refractivity contribution in [1.29, 1.82) is 0 Å². The smallest absolute Gasteiger partial charge is 0.169 e. The highest BCUT2D eigenvalue weighted by Gasteiger charge is 2.29. The van der Waals surface area contributed by atoms with Crippen LogP contribution in [0, 0.1) is 0 Å². The Balaban J connectivity index is 1.55. The summed E-state index contributed by atoms with van der Waals surface area (Å²) in [5.74, 6) is 0.719. The molecule has 0 aliphatic heterocycles. The van der Waals surface area contributed by atoms with Crippen molar-refractivity contribution in [3.8, 4) is 11.5 Å². The summed E-state index contributed by atoms with van der Waals surface area (Å²) in [5, 5.41) is 14.5. The third kappa shape index (κ3) is 4.67. The van der Waals surface area contributed by atoms with Crippen molar-refractivity contribution >= 4 is 17.3 Å². The summed E-state index contributed by atoms with van der Waals surface area (Å²) in [4.78, 5) is 2.34. The molecule has 0 atom stereocenters. The molecule has 0 saturated heterocycles. The van der Waals surface area contributed by atoms with Crippen molar-refractivity contribution in [2.45, 2.75) is 64.1 Å².